The van der Waals surface area contributed by atoms with E-state index in [1.165, 1.54) is 11.3 Å². The van der Waals surface area contributed by atoms with Gasteiger partial charge in [0.2, 0.25) is 0 Å². The van der Waals surface area contributed by atoms with Crippen molar-refractivity contribution in [3.8, 4) is 0 Å². The summed E-state index contributed by atoms with van der Waals surface area (Å²) in [5.74, 6) is -0.0853. The second-order valence-corrected chi connectivity index (χ2v) is 6.69. The number of nitrogens with zero attached hydrogens (tertiary/aromatic N) is 1. The first-order valence-electron chi connectivity index (χ1n) is 6.15. The van der Waals surface area contributed by atoms with E-state index >= 15 is 0 Å². The Bertz CT molecular complexity index is 486. The van der Waals surface area contributed by atoms with Crippen molar-refractivity contribution in [2.45, 2.75) is 32.5 Å². The second kappa shape index (κ2) is 5.40. The van der Waals surface area contributed by atoms with Gasteiger partial charge in [-0.1, -0.05) is 11.6 Å². The summed E-state index contributed by atoms with van der Waals surface area (Å²) >= 11 is 7.51. The summed E-state index contributed by atoms with van der Waals surface area (Å²) in [4.78, 5) is 14.8. The van der Waals surface area contributed by atoms with Gasteiger partial charge < -0.3 is 14.7 Å². The smallest absolute Gasteiger partial charge is 0.265 e. The van der Waals surface area contributed by atoms with Crippen molar-refractivity contribution in [1.82, 2.24) is 4.90 Å². The minimum absolute atomic E-state index is 0.0853. The highest BCUT2D eigenvalue weighted by atomic mass is 35.5. The van der Waals surface area contributed by atoms with Crippen LogP contribution in [0.25, 0.3) is 0 Å². The molecule has 2 heterocycles. The molecule has 1 amide bonds. The molecule has 0 radical (unpaired) electrons. The van der Waals surface area contributed by atoms with Crippen LogP contribution >= 0.6 is 22.9 Å². The lowest BCUT2D eigenvalue weighted by atomic mass is 10.1. The Morgan fingerprint density at radius 1 is 1.68 bits per heavy atom. The standard InChI is InChI=1S/C13H18ClNO3S/c1-8-6-19-11(10(8)14)12(17)15-4-9(5-16)18-13(2,3)7-15/h6,9,16H,4-5,7H2,1-3H3. The predicted octanol–water partition coefficient (Wildman–Crippen LogP) is 2.32. The number of morpholine rings is 1. The molecule has 0 saturated carbocycles. The summed E-state index contributed by atoms with van der Waals surface area (Å²) in [6, 6.07) is 0. The summed E-state index contributed by atoms with van der Waals surface area (Å²) in [5, 5.41) is 11.7. The van der Waals surface area contributed by atoms with E-state index in [-0.39, 0.29) is 18.6 Å². The van der Waals surface area contributed by atoms with Crippen LogP contribution in [0, 0.1) is 6.92 Å². The van der Waals surface area contributed by atoms with Crippen LogP contribution in [0.1, 0.15) is 29.1 Å². The number of amides is 1. The number of ether oxygens (including phenoxy) is 1. The molecule has 6 heteroatoms. The van der Waals surface area contributed by atoms with Crippen LogP contribution in [0.15, 0.2) is 5.38 Å². The Hall–Kier alpha value is -0.620. The molecule has 0 aromatic carbocycles. The van der Waals surface area contributed by atoms with Gasteiger partial charge in [0.1, 0.15) is 4.88 Å². The first-order chi connectivity index (χ1) is 8.84. The van der Waals surface area contributed by atoms with Gasteiger partial charge in [-0.25, -0.2) is 0 Å². The Labute approximate surface area is 121 Å². The molecule has 1 aromatic rings. The van der Waals surface area contributed by atoms with E-state index in [4.69, 9.17) is 16.3 Å². The Morgan fingerprint density at radius 2 is 2.37 bits per heavy atom. The van der Waals surface area contributed by atoms with Gasteiger partial charge in [-0.2, -0.15) is 0 Å². The van der Waals surface area contributed by atoms with Crippen LogP contribution < -0.4 is 0 Å². The summed E-state index contributed by atoms with van der Waals surface area (Å²) in [5.41, 5.74) is 0.460. The molecule has 1 atom stereocenters. The van der Waals surface area contributed by atoms with Gasteiger partial charge in [-0.15, -0.1) is 11.3 Å². The molecule has 0 bridgehead atoms. The first kappa shape index (κ1) is 14.8. The molecule has 1 aliphatic heterocycles. The number of aliphatic hydroxyl groups excluding tert-OH is 1. The third-order valence-corrected chi connectivity index (χ3v) is 4.75. The SMILES string of the molecule is Cc1csc(C(=O)N2CC(CO)OC(C)(C)C2)c1Cl. The average molecular weight is 304 g/mol. The van der Waals surface area contributed by atoms with Crippen molar-refractivity contribution in [3.63, 3.8) is 0 Å². The quantitative estimate of drug-likeness (QED) is 0.912. The molecule has 4 nitrogen and oxygen atoms in total. The van der Waals surface area contributed by atoms with E-state index in [0.717, 1.165) is 5.56 Å². The van der Waals surface area contributed by atoms with Crippen LogP contribution in [0.2, 0.25) is 5.02 Å². The maximum atomic E-state index is 12.5. The number of rotatable bonds is 2. The number of aliphatic hydroxyl groups is 1. The summed E-state index contributed by atoms with van der Waals surface area (Å²) < 4.78 is 5.70. The molecule has 0 spiro atoms. The zero-order valence-electron chi connectivity index (χ0n) is 11.3. The normalized spacial score (nSPS) is 22.6. The highest BCUT2D eigenvalue weighted by molar-refractivity contribution is 7.13. The highest BCUT2D eigenvalue weighted by Gasteiger charge is 2.36. The highest BCUT2D eigenvalue weighted by Crippen LogP contribution is 2.30. The molecule has 1 aromatic heterocycles. The van der Waals surface area contributed by atoms with Gasteiger partial charge in [0.15, 0.2) is 0 Å². The van der Waals surface area contributed by atoms with Crippen molar-refractivity contribution in [1.29, 1.82) is 0 Å². The summed E-state index contributed by atoms with van der Waals surface area (Å²) in [6.07, 6.45) is -0.340. The molecule has 19 heavy (non-hydrogen) atoms. The lowest BCUT2D eigenvalue weighted by molar-refractivity contribution is -0.139. The number of thiophene rings is 1. The third kappa shape index (κ3) is 3.11. The molecule has 1 aliphatic rings. The topological polar surface area (TPSA) is 49.8 Å². The monoisotopic (exact) mass is 303 g/mol. The maximum Gasteiger partial charge on any atom is 0.265 e. The molecular formula is C13H18ClNO3S. The van der Waals surface area contributed by atoms with Gasteiger partial charge in [0, 0.05) is 13.1 Å². The molecule has 1 N–H and O–H groups in total. The number of hydrogen-bond acceptors (Lipinski definition) is 4. The van der Waals surface area contributed by atoms with E-state index in [0.29, 0.717) is 23.0 Å². The van der Waals surface area contributed by atoms with Gasteiger partial charge in [0.25, 0.3) is 5.91 Å². The van der Waals surface area contributed by atoms with Crippen LogP contribution in [-0.2, 0) is 4.74 Å². The summed E-state index contributed by atoms with van der Waals surface area (Å²) in [6.45, 7) is 6.51. The van der Waals surface area contributed by atoms with Crippen LogP contribution in [0.3, 0.4) is 0 Å². The summed E-state index contributed by atoms with van der Waals surface area (Å²) in [7, 11) is 0. The fraction of sp³-hybridized carbons (Fsp3) is 0.615. The van der Waals surface area contributed by atoms with E-state index in [1.54, 1.807) is 4.90 Å². The first-order valence-corrected chi connectivity index (χ1v) is 7.41. The van der Waals surface area contributed by atoms with Crippen molar-refractivity contribution < 1.29 is 14.6 Å². The lowest BCUT2D eigenvalue weighted by Gasteiger charge is -2.42. The fourth-order valence-electron chi connectivity index (χ4n) is 2.26. The molecular weight excluding hydrogens is 286 g/mol. The fourth-order valence-corrected chi connectivity index (χ4v) is 3.50. The average Bonchev–Trinajstić information content (AvgIpc) is 2.67. The predicted molar refractivity (Wildman–Crippen MR) is 76.0 cm³/mol. The zero-order chi connectivity index (χ0) is 14.2. The number of halogens is 1. The minimum Gasteiger partial charge on any atom is -0.394 e. The molecule has 0 aliphatic carbocycles. The van der Waals surface area contributed by atoms with Gasteiger partial charge in [-0.3, -0.25) is 4.79 Å². The number of hydrogen-bond donors (Lipinski definition) is 1. The van der Waals surface area contributed by atoms with Crippen molar-refractivity contribution in [2.75, 3.05) is 19.7 Å². The Morgan fingerprint density at radius 3 is 2.89 bits per heavy atom. The number of aryl methyl sites for hydroxylation is 1. The largest absolute Gasteiger partial charge is 0.394 e. The molecule has 1 saturated heterocycles. The molecule has 2 rings (SSSR count). The third-order valence-electron chi connectivity index (χ3n) is 3.07. The number of carbonyl (C=O) groups is 1. The maximum absolute atomic E-state index is 12.5. The molecule has 1 unspecified atom stereocenters. The molecule has 106 valence electrons. The van der Waals surface area contributed by atoms with Gasteiger partial charge in [-0.05, 0) is 31.7 Å². The van der Waals surface area contributed by atoms with E-state index < -0.39 is 5.60 Å². The van der Waals surface area contributed by atoms with Crippen molar-refractivity contribution in [2.24, 2.45) is 0 Å². The minimum atomic E-state index is -0.458. The van der Waals surface area contributed by atoms with Crippen molar-refractivity contribution in [3.05, 3.63) is 20.8 Å². The second-order valence-electron chi connectivity index (χ2n) is 5.43. The van der Waals surface area contributed by atoms with Crippen LogP contribution in [0.5, 0.6) is 0 Å². The van der Waals surface area contributed by atoms with E-state index in [1.807, 2.05) is 26.2 Å². The Balaban J connectivity index is 2.21. The lowest BCUT2D eigenvalue weighted by Crippen LogP contribution is -2.55. The van der Waals surface area contributed by atoms with E-state index in [9.17, 15) is 9.90 Å². The van der Waals surface area contributed by atoms with Crippen LogP contribution in [0.4, 0.5) is 0 Å². The van der Waals surface area contributed by atoms with E-state index in [2.05, 4.69) is 0 Å². The number of carbonyl (C=O) groups excluding carboxylic acids is 1. The molecule has 1 fully saturated rings. The Kier molecular flexibility index (Phi) is 4.20. The zero-order valence-corrected chi connectivity index (χ0v) is 12.8. The van der Waals surface area contributed by atoms with Crippen LogP contribution in [-0.4, -0.2) is 47.3 Å². The van der Waals surface area contributed by atoms with Gasteiger partial charge in [0.05, 0.1) is 23.3 Å². The van der Waals surface area contributed by atoms with Gasteiger partial charge >= 0.3 is 0 Å². The van der Waals surface area contributed by atoms with Crippen molar-refractivity contribution >= 4 is 28.8 Å².